The molecule has 6 nitrogen and oxygen atoms in total. The van der Waals surface area contributed by atoms with E-state index < -0.39 is 23.2 Å². The largest absolute Gasteiger partial charge is 0.390 e. The maximum Gasteiger partial charge on any atom is 0.294 e. The van der Waals surface area contributed by atoms with Gasteiger partial charge in [-0.2, -0.15) is 11.8 Å². The number of nitrogens with one attached hydrogen (secondary N) is 1. The highest BCUT2D eigenvalue weighted by molar-refractivity contribution is 8.18. The lowest BCUT2D eigenvalue weighted by atomic mass is 10.2. The van der Waals surface area contributed by atoms with Crippen molar-refractivity contribution in [2.45, 2.75) is 12.1 Å². The van der Waals surface area contributed by atoms with Crippen LogP contribution < -0.4 is 5.32 Å². The summed E-state index contributed by atoms with van der Waals surface area (Å²) in [5.74, 6) is 0.274. The van der Waals surface area contributed by atoms with Gasteiger partial charge in [-0.25, -0.2) is 0 Å². The Kier molecular flexibility index (Phi) is 6.18. The molecule has 0 aliphatic carbocycles. The summed E-state index contributed by atoms with van der Waals surface area (Å²) in [6.45, 7) is -0.335. The maximum atomic E-state index is 12.3. The van der Waals surface area contributed by atoms with Crippen molar-refractivity contribution in [3.63, 3.8) is 0 Å². The van der Waals surface area contributed by atoms with E-state index in [4.69, 9.17) is 0 Å². The highest BCUT2D eigenvalue weighted by Crippen LogP contribution is 2.30. The number of carbonyl (C=O) groups excluding carboxylic acids is 3. The molecular weight excluding hydrogens is 372 g/mol. The Morgan fingerprint density at radius 1 is 1.27 bits per heavy atom. The molecule has 136 valence electrons. The van der Waals surface area contributed by atoms with E-state index in [1.54, 1.807) is 23.9 Å². The minimum absolute atomic E-state index is 0.284. The van der Waals surface area contributed by atoms with Crippen LogP contribution in [0.3, 0.4) is 0 Å². The van der Waals surface area contributed by atoms with Crippen molar-refractivity contribution in [1.29, 1.82) is 0 Å². The second-order valence-corrected chi connectivity index (χ2v) is 7.91. The van der Waals surface area contributed by atoms with Crippen molar-refractivity contribution >= 4 is 46.7 Å². The number of thioether (sulfide) groups is 2. The number of hydrogen-bond donors (Lipinski definition) is 2. The van der Waals surface area contributed by atoms with E-state index in [1.165, 1.54) is 0 Å². The zero-order valence-electron chi connectivity index (χ0n) is 13.8. The quantitative estimate of drug-likeness (QED) is 0.747. The number of allylic oxidation sites excluding steroid dienone is 2. The molecule has 3 rings (SSSR count). The molecule has 0 saturated carbocycles. The molecule has 2 N–H and O–H groups in total. The lowest BCUT2D eigenvalue weighted by Gasteiger charge is -2.18. The van der Waals surface area contributed by atoms with Gasteiger partial charge in [-0.3, -0.25) is 19.3 Å². The summed E-state index contributed by atoms with van der Waals surface area (Å²) in [7, 11) is 0. The fourth-order valence-corrected chi connectivity index (χ4v) is 4.50. The van der Waals surface area contributed by atoms with Gasteiger partial charge in [-0.05, 0) is 23.4 Å². The molecule has 2 heterocycles. The van der Waals surface area contributed by atoms with Crippen molar-refractivity contribution in [3.8, 4) is 0 Å². The average Bonchev–Trinajstić information content (AvgIpc) is 3.14. The molecule has 2 atom stereocenters. The standard InChI is InChI=1S/C18H18N2O4S2/c21-14-11-25-10-13(14)19-16(22)9-20-17(23)15(26-18(20)24)8-4-7-12-5-2-1-3-6-12/h1-8,13-14,21H,9-11H2,(H,19,22)/t13-,14+/m1/s1. The second-order valence-electron chi connectivity index (χ2n) is 5.84. The third-order valence-electron chi connectivity index (χ3n) is 3.91. The number of aliphatic hydroxyl groups is 1. The predicted octanol–water partition coefficient (Wildman–Crippen LogP) is 1.87. The number of rotatable bonds is 5. The van der Waals surface area contributed by atoms with Crippen molar-refractivity contribution in [2.75, 3.05) is 18.1 Å². The topological polar surface area (TPSA) is 86.7 Å². The van der Waals surface area contributed by atoms with Gasteiger partial charge >= 0.3 is 0 Å². The van der Waals surface area contributed by atoms with Crippen molar-refractivity contribution in [3.05, 3.63) is 53.0 Å². The molecule has 2 aliphatic heterocycles. The minimum Gasteiger partial charge on any atom is -0.390 e. The Bertz CT molecular complexity index is 764. The van der Waals surface area contributed by atoms with Gasteiger partial charge in [0.1, 0.15) is 6.54 Å². The second kappa shape index (κ2) is 8.57. The number of carbonyl (C=O) groups is 3. The van der Waals surface area contributed by atoms with E-state index in [1.807, 2.05) is 36.4 Å². The third kappa shape index (κ3) is 4.57. The van der Waals surface area contributed by atoms with E-state index in [2.05, 4.69) is 5.32 Å². The Balaban J connectivity index is 1.58. The van der Waals surface area contributed by atoms with Crippen LogP contribution >= 0.6 is 23.5 Å². The van der Waals surface area contributed by atoms with E-state index in [0.717, 1.165) is 22.2 Å². The highest BCUT2D eigenvalue weighted by atomic mass is 32.2. The van der Waals surface area contributed by atoms with E-state index >= 15 is 0 Å². The van der Waals surface area contributed by atoms with E-state index in [-0.39, 0.29) is 17.5 Å². The smallest absolute Gasteiger partial charge is 0.294 e. The van der Waals surface area contributed by atoms with Crippen molar-refractivity contribution < 1.29 is 19.5 Å². The maximum absolute atomic E-state index is 12.3. The van der Waals surface area contributed by atoms with Crippen LogP contribution in [0.2, 0.25) is 0 Å². The fourth-order valence-electron chi connectivity index (χ4n) is 2.54. The number of hydrogen-bond acceptors (Lipinski definition) is 6. The molecule has 1 aromatic rings. The Morgan fingerprint density at radius 3 is 2.73 bits per heavy atom. The molecule has 2 saturated heterocycles. The lowest BCUT2D eigenvalue weighted by molar-refractivity contribution is -0.129. The Labute approximate surface area is 159 Å². The summed E-state index contributed by atoms with van der Waals surface area (Å²) in [6, 6.07) is 9.25. The first-order valence-corrected chi connectivity index (χ1v) is 10.0. The van der Waals surface area contributed by atoms with Gasteiger partial charge in [0.25, 0.3) is 11.1 Å². The molecule has 8 heteroatoms. The summed E-state index contributed by atoms with van der Waals surface area (Å²) >= 11 is 2.37. The number of benzene rings is 1. The molecule has 0 unspecified atom stereocenters. The SMILES string of the molecule is O=C(CN1C(=O)SC(=CC=Cc2ccccc2)C1=O)N[C@@H]1CSC[C@@H]1O. The van der Waals surface area contributed by atoms with Crippen molar-refractivity contribution in [2.24, 2.45) is 0 Å². The van der Waals surface area contributed by atoms with Gasteiger partial charge < -0.3 is 10.4 Å². The zero-order valence-corrected chi connectivity index (χ0v) is 15.5. The Morgan fingerprint density at radius 2 is 2.04 bits per heavy atom. The summed E-state index contributed by atoms with van der Waals surface area (Å²) in [5.41, 5.74) is 0.982. The number of amides is 3. The Hall–Kier alpha value is -2.03. The molecular formula is C18H18N2O4S2. The van der Waals surface area contributed by atoms with Crippen LogP contribution in [0.5, 0.6) is 0 Å². The van der Waals surface area contributed by atoms with Crippen LogP contribution in [0, 0.1) is 0 Å². The van der Waals surface area contributed by atoms with Gasteiger partial charge in [0, 0.05) is 11.5 Å². The molecule has 2 aliphatic rings. The van der Waals surface area contributed by atoms with Crippen LogP contribution in [-0.2, 0) is 9.59 Å². The van der Waals surface area contributed by atoms with Crippen LogP contribution in [-0.4, -0.2) is 57.3 Å². The van der Waals surface area contributed by atoms with Crippen LogP contribution in [0.4, 0.5) is 4.79 Å². The summed E-state index contributed by atoms with van der Waals surface area (Å²) in [6.07, 6.45) is 4.52. The number of nitrogens with zero attached hydrogens (tertiary/aromatic N) is 1. The lowest BCUT2D eigenvalue weighted by Crippen LogP contribution is -2.47. The van der Waals surface area contributed by atoms with E-state index in [0.29, 0.717) is 11.5 Å². The average molecular weight is 390 g/mol. The molecule has 3 amide bonds. The van der Waals surface area contributed by atoms with Crippen LogP contribution in [0.15, 0.2) is 47.4 Å². The van der Waals surface area contributed by atoms with Crippen LogP contribution in [0.1, 0.15) is 5.56 Å². The van der Waals surface area contributed by atoms with Gasteiger partial charge in [0.15, 0.2) is 0 Å². The first-order chi connectivity index (χ1) is 12.5. The van der Waals surface area contributed by atoms with Crippen molar-refractivity contribution in [1.82, 2.24) is 10.2 Å². The molecule has 2 fully saturated rings. The van der Waals surface area contributed by atoms with Gasteiger partial charge in [-0.1, -0.05) is 42.5 Å². The summed E-state index contributed by atoms with van der Waals surface area (Å²) in [4.78, 5) is 37.7. The van der Waals surface area contributed by atoms with Gasteiger partial charge in [0.05, 0.1) is 17.1 Å². The minimum atomic E-state index is -0.595. The van der Waals surface area contributed by atoms with Crippen LogP contribution in [0.25, 0.3) is 6.08 Å². The predicted molar refractivity (Wildman–Crippen MR) is 104 cm³/mol. The molecule has 0 spiro atoms. The molecule has 0 aromatic heterocycles. The zero-order chi connectivity index (χ0) is 18.5. The van der Waals surface area contributed by atoms with Gasteiger partial charge in [0.2, 0.25) is 5.91 Å². The normalized spacial score (nSPS) is 24.8. The third-order valence-corrected chi connectivity index (χ3v) is 6.01. The van der Waals surface area contributed by atoms with Gasteiger partial charge in [-0.15, -0.1) is 0 Å². The first-order valence-electron chi connectivity index (χ1n) is 8.07. The van der Waals surface area contributed by atoms with E-state index in [9.17, 15) is 19.5 Å². The number of imide groups is 1. The fraction of sp³-hybridized carbons (Fsp3) is 0.278. The monoisotopic (exact) mass is 390 g/mol. The number of aliphatic hydroxyl groups excluding tert-OH is 1. The molecule has 0 bridgehead atoms. The molecule has 1 aromatic carbocycles. The molecule has 0 radical (unpaired) electrons. The summed E-state index contributed by atoms with van der Waals surface area (Å²) in [5, 5.41) is 11.9. The summed E-state index contributed by atoms with van der Waals surface area (Å²) < 4.78 is 0. The first kappa shape index (κ1) is 18.8. The highest BCUT2D eigenvalue weighted by Gasteiger charge is 2.37. The molecule has 26 heavy (non-hydrogen) atoms.